The SMILES string of the molecule is COC(=O)[C@@H]1CCCN1P(=O)(N[C@@H](C)C(=O)OCC(C)(C)C)OC[C@@H]1C[C@@](C)(O)[C@H](n2cnc3c(OC)nc(N)nc32)O1. The first-order valence-corrected chi connectivity index (χ1v) is 15.6. The Morgan fingerprint density at radius 2 is 2.05 bits per heavy atom. The average molecular weight is 628 g/mol. The van der Waals surface area contributed by atoms with Crippen molar-refractivity contribution < 1.29 is 42.7 Å². The molecule has 2 aromatic rings. The summed E-state index contributed by atoms with van der Waals surface area (Å²) in [5.74, 6) is -1.05. The number of methoxy groups -OCH3 is 2. The van der Waals surface area contributed by atoms with Crippen LogP contribution in [0.4, 0.5) is 5.95 Å². The molecule has 4 heterocycles. The van der Waals surface area contributed by atoms with E-state index < -0.39 is 49.6 Å². The number of carbonyl (C=O) groups is 2. The summed E-state index contributed by atoms with van der Waals surface area (Å²) in [6, 6.07) is -1.86. The number of ether oxygens (including phenoxy) is 4. The number of nitrogens with two attached hydrogens (primary N) is 1. The van der Waals surface area contributed by atoms with E-state index in [1.165, 1.54) is 36.7 Å². The third kappa shape index (κ3) is 7.27. The Morgan fingerprint density at radius 1 is 1.33 bits per heavy atom. The van der Waals surface area contributed by atoms with Crippen molar-refractivity contribution in [2.24, 2.45) is 5.41 Å². The van der Waals surface area contributed by atoms with Crippen LogP contribution in [0.5, 0.6) is 5.88 Å². The Labute approximate surface area is 250 Å². The van der Waals surface area contributed by atoms with Crippen LogP contribution in [-0.4, -0.2) is 99.0 Å². The summed E-state index contributed by atoms with van der Waals surface area (Å²) >= 11 is 0. The number of imidazole rings is 1. The maximum Gasteiger partial charge on any atom is 0.345 e. The van der Waals surface area contributed by atoms with E-state index in [0.717, 1.165) is 0 Å². The van der Waals surface area contributed by atoms with Crippen molar-refractivity contribution in [2.75, 3.05) is 39.7 Å². The van der Waals surface area contributed by atoms with Gasteiger partial charge in [0.1, 0.15) is 17.7 Å². The van der Waals surface area contributed by atoms with Crippen LogP contribution >= 0.6 is 7.67 Å². The highest BCUT2D eigenvalue weighted by Crippen LogP contribution is 2.52. The molecule has 0 aliphatic carbocycles. The Bertz CT molecular complexity index is 1380. The summed E-state index contributed by atoms with van der Waals surface area (Å²) in [5, 5.41) is 14.1. The highest BCUT2D eigenvalue weighted by Gasteiger charge is 2.49. The molecule has 2 saturated heterocycles. The van der Waals surface area contributed by atoms with E-state index in [1.54, 1.807) is 6.92 Å². The minimum Gasteiger partial charge on any atom is -0.479 e. The first kappa shape index (κ1) is 33.0. The van der Waals surface area contributed by atoms with Crippen molar-refractivity contribution in [3.8, 4) is 5.88 Å². The maximum atomic E-state index is 14.5. The largest absolute Gasteiger partial charge is 0.479 e. The molecule has 0 spiro atoms. The van der Waals surface area contributed by atoms with Gasteiger partial charge in [-0.2, -0.15) is 9.97 Å². The van der Waals surface area contributed by atoms with E-state index in [4.69, 9.17) is 29.2 Å². The smallest absolute Gasteiger partial charge is 0.345 e. The molecular formula is C26H42N7O9P. The number of hydrogen-bond acceptors (Lipinski definition) is 13. The van der Waals surface area contributed by atoms with Crippen LogP contribution in [0.25, 0.3) is 11.2 Å². The third-order valence-corrected chi connectivity index (χ3v) is 9.54. The van der Waals surface area contributed by atoms with Crippen LogP contribution < -0.4 is 15.6 Å². The molecule has 4 N–H and O–H groups in total. The first-order valence-electron chi connectivity index (χ1n) is 14.0. The number of carbonyl (C=O) groups excluding carboxylic acids is 2. The second-order valence-corrected chi connectivity index (χ2v) is 14.3. The topological polar surface area (TPSA) is 202 Å². The number of aromatic nitrogens is 4. The molecular weight excluding hydrogens is 585 g/mol. The number of esters is 2. The maximum absolute atomic E-state index is 14.5. The van der Waals surface area contributed by atoms with Gasteiger partial charge < -0.3 is 34.3 Å². The Morgan fingerprint density at radius 3 is 2.70 bits per heavy atom. The lowest BCUT2D eigenvalue weighted by atomic mass is 9.99. The third-order valence-electron chi connectivity index (χ3n) is 7.18. The van der Waals surface area contributed by atoms with Crippen LogP contribution in [0, 0.1) is 5.41 Å². The van der Waals surface area contributed by atoms with Crippen LogP contribution in [0.2, 0.25) is 0 Å². The van der Waals surface area contributed by atoms with Gasteiger partial charge in [-0.25, -0.2) is 14.7 Å². The zero-order chi connectivity index (χ0) is 31.7. The minimum atomic E-state index is -4.05. The molecule has 2 aliphatic rings. The summed E-state index contributed by atoms with van der Waals surface area (Å²) < 4.78 is 45.2. The van der Waals surface area contributed by atoms with Gasteiger partial charge in [-0.05, 0) is 32.1 Å². The van der Waals surface area contributed by atoms with Crippen molar-refractivity contribution >= 4 is 36.7 Å². The summed E-state index contributed by atoms with van der Waals surface area (Å²) in [7, 11) is -1.36. The molecule has 16 nitrogen and oxygen atoms in total. The standard InChI is InChI=1S/C26H42N7O9P/c1-15(21(34)40-13-25(2,3)4)31-43(37,33-10-8-9-17(33)22(35)39-7)41-12-16-11-26(5,36)23(42-16)32-14-28-18-19(32)29-24(27)30-20(18)38-6/h14-17,23,36H,8-13H2,1-7H3,(H,31,37)(H2,27,29,30)/t15-,16-,17-,23+,26+,43?/m0/s1. The van der Waals surface area contributed by atoms with E-state index in [9.17, 15) is 19.3 Å². The number of nitrogens with one attached hydrogen (secondary N) is 1. The fourth-order valence-electron chi connectivity index (χ4n) is 5.14. The molecule has 1 unspecified atom stereocenters. The number of fused-ring (bicyclic) bond motifs is 1. The highest BCUT2D eigenvalue weighted by molar-refractivity contribution is 7.54. The summed E-state index contributed by atoms with van der Waals surface area (Å²) in [6.45, 7) is 9.06. The molecule has 2 aliphatic heterocycles. The minimum absolute atomic E-state index is 0.0449. The van der Waals surface area contributed by atoms with Crippen molar-refractivity contribution in [2.45, 2.75) is 83.9 Å². The molecule has 2 aromatic heterocycles. The van der Waals surface area contributed by atoms with Crippen molar-refractivity contribution in [1.29, 1.82) is 0 Å². The van der Waals surface area contributed by atoms with Gasteiger partial charge in [0, 0.05) is 13.0 Å². The number of nitrogens with zero attached hydrogens (tertiary/aromatic N) is 5. The van der Waals surface area contributed by atoms with Gasteiger partial charge in [0.25, 0.3) is 0 Å². The molecule has 0 amide bonds. The van der Waals surface area contributed by atoms with Crippen LogP contribution in [0.3, 0.4) is 0 Å². The number of aliphatic hydroxyl groups is 1. The summed E-state index contributed by atoms with van der Waals surface area (Å²) in [4.78, 5) is 37.9. The molecule has 43 heavy (non-hydrogen) atoms. The number of rotatable bonds is 11. The predicted octanol–water partition coefficient (Wildman–Crippen LogP) is 1.79. The number of hydrogen-bond donors (Lipinski definition) is 3. The molecule has 17 heteroatoms. The second-order valence-electron chi connectivity index (χ2n) is 12.3. The molecule has 4 rings (SSSR count). The van der Waals surface area contributed by atoms with Crippen molar-refractivity contribution in [1.82, 2.24) is 29.3 Å². The average Bonchev–Trinajstić information content (AvgIpc) is 3.66. The van der Waals surface area contributed by atoms with Crippen LogP contribution in [-0.2, 0) is 32.9 Å². The zero-order valence-corrected chi connectivity index (χ0v) is 26.5. The zero-order valence-electron chi connectivity index (χ0n) is 25.6. The summed E-state index contributed by atoms with van der Waals surface area (Å²) in [5.41, 5.74) is 4.79. The normalized spacial score (nSPS) is 26.7. The Balaban J connectivity index is 1.54. The molecule has 2 fully saturated rings. The predicted molar refractivity (Wildman–Crippen MR) is 154 cm³/mol. The monoisotopic (exact) mass is 627 g/mol. The van der Waals surface area contributed by atoms with E-state index in [-0.39, 0.29) is 43.4 Å². The molecule has 0 bridgehead atoms. The van der Waals surface area contributed by atoms with Crippen LogP contribution in [0.1, 0.15) is 60.1 Å². The van der Waals surface area contributed by atoms with Crippen molar-refractivity contribution in [3.05, 3.63) is 6.33 Å². The van der Waals surface area contributed by atoms with E-state index in [2.05, 4.69) is 20.0 Å². The van der Waals surface area contributed by atoms with Gasteiger partial charge in [0.05, 0.1) is 39.9 Å². The molecule has 0 saturated carbocycles. The molecule has 0 aromatic carbocycles. The lowest BCUT2D eigenvalue weighted by Crippen LogP contribution is -2.44. The van der Waals surface area contributed by atoms with E-state index >= 15 is 0 Å². The molecule has 240 valence electrons. The number of anilines is 1. The second kappa shape index (κ2) is 12.6. The Hall–Kier alpha value is -2.88. The van der Waals surface area contributed by atoms with Gasteiger partial charge in [0.15, 0.2) is 17.4 Å². The van der Waals surface area contributed by atoms with Gasteiger partial charge in [-0.1, -0.05) is 20.8 Å². The quantitative estimate of drug-likeness (QED) is 0.240. The lowest BCUT2D eigenvalue weighted by molar-refractivity contribution is -0.148. The van der Waals surface area contributed by atoms with Gasteiger partial charge in [-0.3, -0.25) is 18.7 Å². The molecule has 0 radical (unpaired) electrons. The molecule has 6 atom stereocenters. The van der Waals surface area contributed by atoms with E-state index in [0.29, 0.717) is 24.0 Å². The van der Waals surface area contributed by atoms with Gasteiger partial charge in [-0.15, -0.1) is 0 Å². The summed E-state index contributed by atoms with van der Waals surface area (Å²) in [6.07, 6.45) is 0.805. The highest BCUT2D eigenvalue weighted by atomic mass is 31.2. The first-order chi connectivity index (χ1) is 20.1. The van der Waals surface area contributed by atoms with Crippen molar-refractivity contribution in [3.63, 3.8) is 0 Å². The fraction of sp³-hybridized carbons (Fsp3) is 0.731. The van der Waals surface area contributed by atoms with E-state index in [1.807, 2.05) is 20.8 Å². The van der Waals surface area contributed by atoms with Gasteiger partial charge in [0.2, 0.25) is 11.8 Å². The van der Waals surface area contributed by atoms with Gasteiger partial charge >= 0.3 is 19.6 Å². The fourth-order valence-corrected chi connectivity index (χ4v) is 7.46. The Kier molecular flexibility index (Phi) is 9.69. The van der Waals surface area contributed by atoms with Crippen LogP contribution in [0.15, 0.2) is 6.33 Å². The number of nitrogen functional groups attached to an aromatic ring is 1. The lowest BCUT2D eigenvalue weighted by Gasteiger charge is -2.33.